The number of piperazine rings is 1. The van der Waals surface area contributed by atoms with Gasteiger partial charge < -0.3 is 34.6 Å². The van der Waals surface area contributed by atoms with Crippen molar-refractivity contribution in [3.8, 4) is 0 Å². The molecule has 2 fully saturated rings. The van der Waals surface area contributed by atoms with Crippen LogP contribution in [0.5, 0.6) is 0 Å². The number of anilines is 1. The summed E-state index contributed by atoms with van der Waals surface area (Å²) in [6, 6.07) is 3.94. The second-order valence-electron chi connectivity index (χ2n) is 12.5. The van der Waals surface area contributed by atoms with Crippen molar-refractivity contribution in [2.24, 2.45) is 5.92 Å². The lowest BCUT2D eigenvalue weighted by Gasteiger charge is -2.35. The molecule has 3 heterocycles. The number of rotatable bonds is 6. The number of ether oxygens (including phenoxy) is 2. The van der Waals surface area contributed by atoms with Gasteiger partial charge in [0.2, 0.25) is 5.91 Å². The number of carbonyl (C=O) groups is 4. The zero-order valence-corrected chi connectivity index (χ0v) is 24.9. The fourth-order valence-electron chi connectivity index (χ4n) is 5.58. The number of nitrogens with one attached hydrogen (secondary N) is 1. The standard InChI is InChI=1S/C29H43N5O7/c1-18(2)24(30-27(38)41-29(3,4)5)25(35)34-16-20(14-23(34)26(36)37)40-28(39)33-15-19-8-7-9-22(21(19)17-33)32-12-10-31(6)11-13-32/h7-9,18,20,23-24H,10-17H2,1-6H3,(H,30,38)(H,36,37)/t20-,23+,24+/m1/s1. The number of carbonyl (C=O) groups excluding carboxylic acids is 3. The van der Waals surface area contributed by atoms with Gasteiger partial charge in [-0.25, -0.2) is 14.4 Å². The van der Waals surface area contributed by atoms with Gasteiger partial charge >= 0.3 is 18.2 Å². The van der Waals surface area contributed by atoms with Crippen molar-refractivity contribution in [1.82, 2.24) is 20.0 Å². The molecule has 0 aromatic heterocycles. The zero-order chi connectivity index (χ0) is 30.1. The van der Waals surface area contributed by atoms with Crippen molar-refractivity contribution >= 4 is 29.8 Å². The van der Waals surface area contributed by atoms with Crippen LogP contribution in [-0.2, 0) is 32.2 Å². The number of aliphatic carboxylic acids is 1. The quantitative estimate of drug-likeness (QED) is 0.527. The molecule has 0 bridgehead atoms. The highest BCUT2D eigenvalue weighted by atomic mass is 16.6. The average molecular weight is 574 g/mol. The second kappa shape index (κ2) is 12.1. The van der Waals surface area contributed by atoms with Gasteiger partial charge in [-0.15, -0.1) is 0 Å². The Balaban J connectivity index is 1.40. The first-order valence-electron chi connectivity index (χ1n) is 14.3. The first kappa shape index (κ1) is 30.4. The molecule has 1 aromatic carbocycles. The lowest BCUT2D eigenvalue weighted by atomic mass is 10.0. The van der Waals surface area contributed by atoms with E-state index in [1.54, 1.807) is 39.5 Å². The van der Waals surface area contributed by atoms with Gasteiger partial charge in [0.15, 0.2) is 0 Å². The summed E-state index contributed by atoms with van der Waals surface area (Å²) in [5.74, 6) is -2.08. The molecular formula is C29H43N5O7. The predicted octanol–water partition coefficient (Wildman–Crippen LogP) is 2.49. The Labute approximate surface area is 241 Å². The number of likely N-dealkylation sites (N-methyl/N-ethyl adjacent to an activating group) is 1. The van der Waals surface area contributed by atoms with Crippen molar-refractivity contribution < 1.29 is 33.8 Å². The van der Waals surface area contributed by atoms with E-state index < -0.39 is 47.9 Å². The van der Waals surface area contributed by atoms with Gasteiger partial charge in [0, 0.05) is 44.8 Å². The maximum absolute atomic E-state index is 13.5. The summed E-state index contributed by atoms with van der Waals surface area (Å²) < 4.78 is 11.1. The molecule has 2 saturated heterocycles. The minimum absolute atomic E-state index is 0.0304. The van der Waals surface area contributed by atoms with Crippen LogP contribution in [0.25, 0.3) is 0 Å². The van der Waals surface area contributed by atoms with E-state index in [2.05, 4.69) is 28.2 Å². The molecule has 0 saturated carbocycles. The second-order valence-corrected chi connectivity index (χ2v) is 12.5. The SMILES string of the molecule is CC(C)[C@H](NC(=O)OC(C)(C)C)C(=O)N1C[C@H](OC(=O)N2Cc3cccc(N4CCN(C)CC4)c3C2)C[C@H]1C(=O)O. The van der Waals surface area contributed by atoms with Crippen LogP contribution >= 0.6 is 0 Å². The number of alkyl carbamates (subject to hydrolysis) is 1. The number of fused-ring (bicyclic) bond motifs is 1. The number of carboxylic acid groups (broad SMARTS) is 1. The van der Waals surface area contributed by atoms with Crippen molar-refractivity contribution in [2.45, 2.75) is 77.9 Å². The highest BCUT2D eigenvalue weighted by Gasteiger charge is 2.45. The summed E-state index contributed by atoms with van der Waals surface area (Å²) in [7, 11) is 2.11. The van der Waals surface area contributed by atoms with Crippen LogP contribution in [0.4, 0.5) is 15.3 Å². The van der Waals surface area contributed by atoms with Gasteiger partial charge in [0.1, 0.15) is 23.8 Å². The summed E-state index contributed by atoms with van der Waals surface area (Å²) in [4.78, 5) is 58.7. The lowest BCUT2D eigenvalue weighted by Crippen LogP contribution is -2.54. The normalized spacial score (nSPS) is 22.0. The van der Waals surface area contributed by atoms with Gasteiger partial charge in [-0.1, -0.05) is 26.0 Å². The fourth-order valence-corrected chi connectivity index (χ4v) is 5.58. The topological polar surface area (TPSA) is 132 Å². The third-order valence-corrected chi connectivity index (χ3v) is 7.76. The summed E-state index contributed by atoms with van der Waals surface area (Å²) in [5.41, 5.74) is 2.55. The lowest BCUT2D eigenvalue weighted by molar-refractivity contribution is -0.149. The van der Waals surface area contributed by atoms with Crippen LogP contribution in [0.2, 0.25) is 0 Å². The van der Waals surface area contributed by atoms with E-state index in [0.29, 0.717) is 13.1 Å². The van der Waals surface area contributed by atoms with E-state index in [1.165, 1.54) is 4.90 Å². The van der Waals surface area contributed by atoms with Gasteiger partial charge in [-0.2, -0.15) is 0 Å². The van der Waals surface area contributed by atoms with Crippen LogP contribution in [-0.4, -0.2) is 107 Å². The molecule has 1 aromatic rings. The molecule has 0 radical (unpaired) electrons. The van der Waals surface area contributed by atoms with Crippen LogP contribution < -0.4 is 10.2 Å². The molecule has 0 unspecified atom stereocenters. The number of nitrogens with zero attached hydrogens (tertiary/aromatic N) is 4. The maximum atomic E-state index is 13.5. The number of carboxylic acids is 1. The van der Waals surface area contributed by atoms with E-state index >= 15 is 0 Å². The van der Waals surface area contributed by atoms with Gasteiger partial charge in [-0.05, 0) is 50.9 Å². The molecule has 226 valence electrons. The Morgan fingerprint density at radius 2 is 1.73 bits per heavy atom. The van der Waals surface area contributed by atoms with Crippen molar-refractivity contribution in [3.05, 3.63) is 29.3 Å². The molecule has 4 rings (SSSR count). The van der Waals surface area contributed by atoms with E-state index in [1.807, 2.05) is 12.1 Å². The van der Waals surface area contributed by atoms with E-state index in [9.17, 15) is 24.3 Å². The number of hydrogen-bond acceptors (Lipinski definition) is 8. The minimum Gasteiger partial charge on any atom is -0.480 e. The fraction of sp³-hybridized carbons (Fsp3) is 0.655. The molecule has 3 aliphatic rings. The molecule has 2 N–H and O–H groups in total. The number of hydrogen-bond donors (Lipinski definition) is 2. The first-order chi connectivity index (χ1) is 19.2. The van der Waals surface area contributed by atoms with Gasteiger partial charge in [0.25, 0.3) is 0 Å². The van der Waals surface area contributed by atoms with Crippen molar-refractivity contribution in [2.75, 3.05) is 44.7 Å². The summed E-state index contributed by atoms with van der Waals surface area (Å²) in [6.07, 6.45) is -2.12. The average Bonchev–Trinajstić information content (AvgIpc) is 3.51. The highest BCUT2D eigenvalue weighted by molar-refractivity contribution is 5.90. The largest absolute Gasteiger partial charge is 0.480 e. The third kappa shape index (κ3) is 7.22. The molecule has 12 nitrogen and oxygen atoms in total. The summed E-state index contributed by atoms with van der Waals surface area (Å²) in [5, 5.41) is 12.5. The zero-order valence-electron chi connectivity index (χ0n) is 24.9. The number of benzene rings is 1. The molecule has 0 aliphatic carbocycles. The molecular weight excluding hydrogens is 530 g/mol. The Hall–Kier alpha value is -3.54. The Bertz CT molecular complexity index is 1160. The summed E-state index contributed by atoms with van der Waals surface area (Å²) in [6.45, 7) is 13.2. The van der Waals surface area contributed by atoms with Crippen LogP contribution in [0, 0.1) is 5.92 Å². The van der Waals surface area contributed by atoms with E-state index in [4.69, 9.17) is 9.47 Å². The molecule has 41 heavy (non-hydrogen) atoms. The number of likely N-dealkylation sites (tertiary alicyclic amines) is 1. The monoisotopic (exact) mass is 573 g/mol. The van der Waals surface area contributed by atoms with Gasteiger partial charge in [0.05, 0.1) is 13.1 Å². The predicted molar refractivity (Wildman–Crippen MR) is 151 cm³/mol. The molecule has 3 aliphatic heterocycles. The minimum atomic E-state index is -1.19. The summed E-state index contributed by atoms with van der Waals surface area (Å²) >= 11 is 0. The number of amides is 3. The van der Waals surface area contributed by atoms with E-state index in [-0.39, 0.29) is 18.9 Å². The van der Waals surface area contributed by atoms with Crippen molar-refractivity contribution in [3.63, 3.8) is 0 Å². The Kier molecular flexibility index (Phi) is 9.00. The Morgan fingerprint density at radius 3 is 2.34 bits per heavy atom. The van der Waals surface area contributed by atoms with Gasteiger partial charge in [-0.3, -0.25) is 9.69 Å². The first-order valence-corrected chi connectivity index (χ1v) is 14.3. The third-order valence-electron chi connectivity index (χ3n) is 7.76. The van der Waals surface area contributed by atoms with Crippen LogP contribution in [0.3, 0.4) is 0 Å². The van der Waals surface area contributed by atoms with Crippen LogP contribution in [0.1, 0.15) is 52.2 Å². The van der Waals surface area contributed by atoms with E-state index in [0.717, 1.165) is 43.0 Å². The molecule has 3 atom stereocenters. The highest BCUT2D eigenvalue weighted by Crippen LogP contribution is 2.33. The Morgan fingerprint density at radius 1 is 1.05 bits per heavy atom. The smallest absolute Gasteiger partial charge is 0.410 e. The molecule has 12 heteroatoms. The maximum Gasteiger partial charge on any atom is 0.410 e. The van der Waals surface area contributed by atoms with Crippen LogP contribution in [0.15, 0.2) is 18.2 Å². The molecule has 0 spiro atoms. The van der Waals surface area contributed by atoms with Crippen molar-refractivity contribution in [1.29, 1.82) is 0 Å². The molecule has 3 amide bonds.